The van der Waals surface area contributed by atoms with Crippen molar-refractivity contribution in [3.63, 3.8) is 0 Å². The molecule has 0 saturated heterocycles. The molecular formula is C16H13ClO. The van der Waals surface area contributed by atoms with Crippen molar-refractivity contribution in [2.24, 2.45) is 0 Å². The molecule has 0 aromatic heterocycles. The number of rotatable bonds is 4. The number of ketones is 1. The lowest BCUT2D eigenvalue weighted by atomic mass is 10.1. The summed E-state index contributed by atoms with van der Waals surface area (Å²) in [6, 6.07) is 16.8. The quantitative estimate of drug-likeness (QED) is 0.729. The van der Waals surface area contributed by atoms with Gasteiger partial charge in [0.05, 0.1) is 0 Å². The standard InChI is InChI=1S/C16H13ClO/c17-15-11-9-13(10-12-15)5-4-8-16(18)14-6-2-1-3-7-14/h1-7,9-12H,8H2/b5-4+. The maximum absolute atomic E-state index is 11.8. The summed E-state index contributed by atoms with van der Waals surface area (Å²) in [5, 5.41) is 0.715. The average molecular weight is 257 g/mol. The van der Waals surface area contributed by atoms with Crippen LogP contribution < -0.4 is 0 Å². The van der Waals surface area contributed by atoms with Gasteiger partial charge in [-0.1, -0.05) is 66.2 Å². The Morgan fingerprint density at radius 3 is 2.33 bits per heavy atom. The number of Topliss-reactive ketones (excluding diaryl/α,β-unsaturated/α-hetero) is 1. The van der Waals surface area contributed by atoms with Gasteiger partial charge in [0, 0.05) is 17.0 Å². The Balaban J connectivity index is 1.96. The highest BCUT2D eigenvalue weighted by Crippen LogP contribution is 2.11. The fourth-order valence-corrected chi connectivity index (χ4v) is 1.74. The Morgan fingerprint density at radius 1 is 1.00 bits per heavy atom. The maximum Gasteiger partial charge on any atom is 0.166 e. The van der Waals surface area contributed by atoms with Crippen molar-refractivity contribution in [1.82, 2.24) is 0 Å². The first-order valence-corrected chi connectivity index (χ1v) is 6.14. The number of allylic oxidation sites excluding steroid dienone is 1. The predicted octanol–water partition coefficient (Wildman–Crippen LogP) is 4.63. The number of hydrogen-bond donors (Lipinski definition) is 0. The van der Waals surface area contributed by atoms with Gasteiger partial charge < -0.3 is 0 Å². The second-order valence-corrected chi connectivity index (χ2v) is 4.38. The van der Waals surface area contributed by atoms with Crippen LogP contribution in [0.15, 0.2) is 60.7 Å². The lowest BCUT2D eigenvalue weighted by molar-refractivity contribution is 0.0996. The molecule has 2 rings (SSSR count). The van der Waals surface area contributed by atoms with Crippen LogP contribution in [0.5, 0.6) is 0 Å². The number of benzene rings is 2. The molecule has 1 nitrogen and oxygen atoms in total. The first-order valence-electron chi connectivity index (χ1n) is 5.76. The van der Waals surface area contributed by atoms with Gasteiger partial charge in [0.25, 0.3) is 0 Å². The zero-order valence-corrected chi connectivity index (χ0v) is 10.6. The molecule has 0 fully saturated rings. The predicted molar refractivity (Wildman–Crippen MR) is 75.9 cm³/mol. The molecule has 0 N–H and O–H groups in total. The van der Waals surface area contributed by atoms with Crippen LogP contribution in [-0.4, -0.2) is 5.78 Å². The van der Waals surface area contributed by atoms with E-state index in [0.29, 0.717) is 11.4 Å². The van der Waals surface area contributed by atoms with E-state index in [-0.39, 0.29) is 5.78 Å². The number of hydrogen-bond acceptors (Lipinski definition) is 1. The van der Waals surface area contributed by atoms with Gasteiger partial charge in [-0.05, 0) is 17.7 Å². The van der Waals surface area contributed by atoms with Crippen LogP contribution in [0.3, 0.4) is 0 Å². The fourth-order valence-electron chi connectivity index (χ4n) is 1.62. The molecule has 0 aliphatic heterocycles. The van der Waals surface area contributed by atoms with Gasteiger partial charge in [-0.15, -0.1) is 0 Å². The zero-order chi connectivity index (χ0) is 12.8. The summed E-state index contributed by atoms with van der Waals surface area (Å²) >= 11 is 5.80. The average Bonchev–Trinajstić information content (AvgIpc) is 2.42. The molecule has 0 heterocycles. The minimum Gasteiger partial charge on any atom is -0.294 e. The SMILES string of the molecule is O=C(C/C=C/c1ccc(Cl)cc1)c1ccccc1. The Hall–Kier alpha value is -1.86. The molecule has 0 unspecified atom stereocenters. The van der Waals surface area contributed by atoms with Crippen molar-refractivity contribution >= 4 is 23.5 Å². The van der Waals surface area contributed by atoms with Crippen molar-refractivity contribution in [1.29, 1.82) is 0 Å². The normalized spacial score (nSPS) is 10.7. The largest absolute Gasteiger partial charge is 0.294 e. The van der Waals surface area contributed by atoms with E-state index in [4.69, 9.17) is 11.6 Å². The molecule has 0 aliphatic rings. The van der Waals surface area contributed by atoms with Gasteiger partial charge in [0.15, 0.2) is 5.78 Å². The third-order valence-electron chi connectivity index (χ3n) is 2.58. The zero-order valence-electron chi connectivity index (χ0n) is 9.84. The van der Waals surface area contributed by atoms with E-state index in [0.717, 1.165) is 11.1 Å². The van der Waals surface area contributed by atoms with Crippen molar-refractivity contribution < 1.29 is 4.79 Å². The molecule has 0 radical (unpaired) electrons. The second kappa shape index (κ2) is 6.18. The Kier molecular flexibility index (Phi) is 4.32. The summed E-state index contributed by atoms with van der Waals surface area (Å²) in [4.78, 5) is 11.8. The van der Waals surface area contributed by atoms with E-state index in [1.807, 2.05) is 66.7 Å². The molecule has 2 aromatic carbocycles. The summed E-state index contributed by atoms with van der Waals surface area (Å²) in [5.41, 5.74) is 1.79. The Labute approximate surface area is 112 Å². The molecule has 0 aliphatic carbocycles. The van der Waals surface area contributed by atoms with E-state index in [9.17, 15) is 4.79 Å². The van der Waals surface area contributed by atoms with Gasteiger partial charge >= 0.3 is 0 Å². The van der Waals surface area contributed by atoms with E-state index in [1.54, 1.807) is 0 Å². The molecule has 18 heavy (non-hydrogen) atoms. The lowest BCUT2D eigenvalue weighted by Gasteiger charge is -1.97. The van der Waals surface area contributed by atoms with Crippen LogP contribution >= 0.6 is 11.6 Å². The molecule has 0 amide bonds. The van der Waals surface area contributed by atoms with Gasteiger partial charge in [0.2, 0.25) is 0 Å². The number of halogens is 1. The molecule has 2 heteroatoms. The molecule has 0 atom stereocenters. The van der Waals surface area contributed by atoms with E-state index < -0.39 is 0 Å². The topological polar surface area (TPSA) is 17.1 Å². The summed E-state index contributed by atoms with van der Waals surface area (Å²) in [7, 11) is 0. The third kappa shape index (κ3) is 3.57. The number of carbonyl (C=O) groups excluding carboxylic acids is 1. The maximum atomic E-state index is 11.8. The van der Waals surface area contributed by atoms with E-state index in [1.165, 1.54) is 0 Å². The highest BCUT2D eigenvalue weighted by atomic mass is 35.5. The summed E-state index contributed by atoms with van der Waals surface area (Å²) in [6.07, 6.45) is 4.21. The fraction of sp³-hybridized carbons (Fsp3) is 0.0625. The minimum atomic E-state index is 0.126. The highest BCUT2D eigenvalue weighted by Gasteiger charge is 2.01. The van der Waals surface area contributed by atoms with E-state index >= 15 is 0 Å². The third-order valence-corrected chi connectivity index (χ3v) is 2.83. The molecule has 0 bridgehead atoms. The molecule has 2 aromatic rings. The van der Waals surface area contributed by atoms with Gasteiger partial charge in [-0.3, -0.25) is 4.79 Å². The first kappa shape index (κ1) is 12.6. The van der Waals surface area contributed by atoms with Crippen molar-refractivity contribution in [2.75, 3.05) is 0 Å². The highest BCUT2D eigenvalue weighted by molar-refractivity contribution is 6.30. The Bertz CT molecular complexity index is 541. The van der Waals surface area contributed by atoms with Gasteiger partial charge in [-0.2, -0.15) is 0 Å². The van der Waals surface area contributed by atoms with Crippen molar-refractivity contribution in [3.05, 3.63) is 76.8 Å². The van der Waals surface area contributed by atoms with Crippen LogP contribution in [0.25, 0.3) is 6.08 Å². The molecule has 0 spiro atoms. The Morgan fingerprint density at radius 2 is 1.67 bits per heavy atom. The van der Waals surface area contributed by atoms with Crippen LogP contribution in [0.4, 0.5) is 0 Å². The molecule has 0 saturated carbocycles. The lowest BCUT2D eigenvalue weighted by Crippen LogP contribution is -1.95. The van der Waals surface area contributed by atoms with Gasteiger partial charge in [-0.25, -0.2) is 0 Å². The molecule has 90 valence electrons. The minimum absolute atomic E-state index is 0.126. The molecular weight excluding hydrogens is 244 g/mol. The second-order valence-electron chi connectivity index (χ2n) is 3.95. The van der Waals surface area contributed by atoms with Crippen molar-refractivity contribution in [3.8, 4) is 0 Å². The van der Waals surface area contributed by atoms with Crippen molar-refractivity contribution in [2.45, 2.75) is 6.42 Å². The van der Waals surface area contributed by atoms with Crippen LogP contribution in [-0.2, 0) is 0 Å². The summed E-state index contributed by atoms with van der Waals surface area (Å²) in [6.45, 7) is 0. The summed E-state index contributed by atoms with van der Waals surface area (Å²) in [5.74, 6) is 0.126. The van der Waals surface area contributed by atoms with E-state index in [2.05, 4.69) is 0 Å². The van der Waals surface area contributed by atoms with Crippen LogP contribution in [0, 0.1) is 0 Å². The van der Waals surface area contributed by atoms with Gasteiger partial charge in [0.1, 0.15) is 0 Å². The summed E-state index contributed by atoms with van der Waals surface area (Å²) < 4.78 is 0. The first-order chi connectivity index (χ1) is 8.75. The van der Waals surface area contributed by atoms with Crippen LogP contribution in [0.2, 0.25) is 5.02 Å². The smallest absolute Gasteiger partial charge is 0.166 e. The number of carbonyl (C=O) groups is 1. The van der Waals surface area contributed by atoms with Crippen LogP contribution in [0.1, 0.15) is 22.3 Å². The monoisotopic (exact) mass is 256 g/mol.